The molecule has 1 aliphatic rings. The van der Waals surface area contributed by atoms with Crippen LogP contribution < -0.4 is 10.6 Å². The molecule has 0 aliphatic carbocycles. The van der Waals surface area contributed by atoms with E-state index in [0.717, 1.165) is 38.8 Å². The summed E-state index contributed by atoms with van der Waals surface area (Å²) in [6, 6.07) is 2.11. The zero-order valence-electron chi connectivity index (χ0n) is 10.0. The molecule has 1 aliphatic heterocycles. The van der Waals surface area contributed by atoms with Crippen molar-refractivity contribution in [2.45, 2.75) is 39.0 Å². The fourth-order valence-electron chi connectivity index (χ4n) is 1.95. The van der Waals surface area contributed by atoms with Crippen LogP contribution in [0, 0.1) is 16.7 Å². The minimum Gasteiger partial charge on any atom is -0.356 e. The molecule has 0 aromatic rings. The first kappa shape index (κ1) is 13.0. The zero-order valence-corrected chi connectivity index (χ0v) is 10.0. The Morgan fingerprint density at radius 1 is 1.44 bits per heavy atom. The van der Waals surface area contributed by atoms with Gasteiger partial charge >= 0.3 is 0 Å². The van der Waals surface area contributed by atoms with Crippen LogP contribution in [0.5, 0.6) is 0 Å². The van der Waals surface area contributed by atoms with E-state index in [1.165, 1.54) is 0 Å². The second kappa shape index (κ2) is 6.49. The van der Waals surface area contributed by atoms with Gasteiger partial charge in [-0.05, 0) is 38.8 Å². The van der Waals surface area contributed by atoms with E-state index < -0.39 is 0 Å². The van der Waals surface area contributed by atoms with Crippen molar-refractivity contribution in [3.8, 4) is 6.07 Å². The highest BCUT2D eigenvalue weighted by Crippen LogP contribution is 2.27. The van der Waals surface area contributed by atoms with Crippen molar-refractivity contribution in [2.75, 3.05) is 19.6 Å². The third kappa shape index (κ3) is 3.82. The van der Waals surface area contributed by atoms with E-state index in [0.29, 0.717) is 13.0 Å². The lowest BCUT2D eigenvalue weighted by molar-refractivity contribution is -0.131. The number of piperidine rings is 1. The summed E-state index contributed by atoms with van der Waals surface area (Å²) in [6.07, 6.45) is 4.17. The van der Waals surface area contributed by atoms with Crippen LogP contribution in [-0.2, 0) is 4.79 Å². The van der Waals surface area contributed by atoms with Crippen molar-refractivity contribution in [2.24, 2.45) is 5.41 Å². The molecule has 0 unspecified atom stereocenters. The lowest BCUT2D eigenvalue weighted by Gasteiger charge is -2.32. The van der Waals surface area contributed by atoms with Gasteiger partial charge in [-0.3, -0.25) is 4.79 Å². The first-order chi connectivity index (χ1) is 7.69. The van der Waals surface area contributed by atoms with Gasteiger partial charge in [0.2, 0.25) is 5.91 Å². The lowest BCUT2D eigenvalue weighted by atomic mass is 9.80. The zero-order chi connectivity index (χ0) is 11.9. The van der Waals surface area contributed by atoms with Crippen LogP contribution in [-0.4, -0.2) is 25.5 Å². The van der Waals surface area contributed by atoms with Crippen molar-refractivity contribution >= 4 is 5.91 Å². The Hall–Kier alpha value is -1.08. The Morgan fingerprint density at radius 2 is 2.12 bits per heavy atom. The molecule has 0 saturated carbocycles. The Balaban J connectivity index is 2.21. The van der Waals surface area contributed by atoms with Gasteiger partial charge in [0.15, 0.2) is 0 Å². The molecule has 4 heteroatoms. The van der Waals surface area contributed by atoms with Gasteiger partial charge in [0.25, 0.3) is 0 Å². The molecule has 4 nitrogen and oxygen atoms in total. The number of unbranched alkanes of at least 4 members (excludes halogenated alkanes) is 2. The van der Waals surface area contributed by atoms with E-state index in [4.69, 9.17) is 5.26 Å². The number of nitriles is 1. The molecule has 0 aromatic carbocycles. The van der Waals surface area contributed by atoms with E-state index in [-0.39, 0.29) is 11.3 Å². The quantitative estimate of drug-likeness (QED) is 0.688. The predicted molar refractivity (Wildman–Crippen MR) is 62.7 cm³/mol. The number of hydrogen-bond donors (Lipinski definition) is 2. The van der Waals surface area contributed by atoms with Gasteiger partial charge in [0.1, 0.15) is 0 Å². The van der Waals surface area contributed by atoms with Gasteiger partial charge in [-0.25, -0.2) is 0 Å². The number of amides is 1. The van der Waals surface area contributed by atoms with Gasteiger partial charge in [-0.2, -0.15) is 5.26 Å². The third-order valence-electron chi connectivity index (χ3n) is 3.26. The van der Waals surface area contributed by atoms with Crippen LogP contribution >= 0.6 is 0 Å². The van der Waals surface area contributed by atoms with E-state index in [9.17, 15) is 4.79 Å². The van der Waals surface area contributed by atoms with Crippen molar-refractivity contribution < 1.29 is 4.79 Å². The fraction of sp³-hybridized carbons (Fsp3) is 0.833. The summed E-state index contributed by atoms with van der Waals surface area (Å²) < 4.78 is 0. The number of hydrogen-bond acceptors (Lipinski definition) is 3. The summed E-state index contributed by atoms with van der Waals surface area (Å²) >= 11 is 0. The number of carbonyl (C=O) groups is 1. The van der Waals surface area contributed by atoms with Crippen molar-refractivity contribution in [1.29, 1.82) is 5.26 Å². The second-order valence-electron chi connectivity index (χ2n) is 4.68. The normalized spacial score (nSPS) is 18.8. The largest absolute Gasteiger partial charge is 0.356 e. The average Bonchev–Trinajstić information content (AvgIpc) is 2.29. The van der Waals surface area contributed by atoms with Crippen LogP contribution in [0.1, 0.15) is 39.0 Å². The molecule has 1 heterocycles. The third-order valence-corrected chi connectivity index (χ3v) is 3.26. The summed E-state index contributed by atoms with van der Waals surface area (Å²) in [6.45, 7) is 4.60. The van der Waals surface area contributed by atoms with E-state index in [2.05, 4.69) is 16.7 Å². The molecule has 0 radical (unpaired) electrons. The van der Waals surface area contributed by atoms with E-state index in [1.807, 2.05) is 6.92 Å². The minimum atomic E-state index is -0.194. The van der Waals surface area contributed by atoms with Crippen LogP contribution in [0.15, 0.2) is 0 Å². The molecule has 1 amide bonds. The maximum Gasteiger partial charge on any atom is 0.226 e. The Bertz CT molecular complexity index is 264. The van der Waals surface area contributed by atoms with Gasteiger partial charge < -0.3 is 10.6 Å². The van der Waals surface area contributed by atoms with E-state index in [1.54, 1.807) is 0 Å². The maximum absolute atomic E-state index is 11.9. The SMILES string of the molecule is CC1(C(=O)NCCCCC#N)CCNCC1. The first-order valence-electron chi connectivity index (χ1n) is 6.05. The average molecular weight is 223 g/mol. The lowest BCUT2D eigenvalue weighted by Crippen LogP contribution is -2.46. The highest BCUT2D eigenvalue weighted by Gasteiger charge is 2.33. The van der Waals surface area contributed by atoms with Crippen LogP contribution in [0.25, 0.3) is 0 Å². The van der Waals surface area contributed by atoms with Gasteiger partial charge in [0.05, 0.1) is 6.07 Å². The molecule has 2 N–H and O–H groups in total. The van der Waals surface area contributed by atoms with Crippen LogP contribution in [0.2, 0.25) is 0 Å². The maximum atomic E-state index is 11.9. The minimum absolute atomic E-state index is 0.172. The van der Waals surface area contributed by atoms with Crippen molar-refractivity contribution in [3.05, 3.63) is 0 Å². The highest BCUT2D eigenvalue weighted by atomic mass is 16.2. The number of nitrogens with zero attached hydrogens (tertiary/aromatic N) is 1. The van der Waals surface area contributed by atoms with Crippen molar-refractivity contribution in [1.82, 2.24) is 10.6 Å². The Labute approximate surface area is 97.4 Å². The molecule has 1 rings (SSSR count). The molecular weight excluding hydrogens is 202 g/mol. The summed E-state index contributed by atoms with van der Waals surface area (Å²) in [7, 11) is 0. The fourth-order valence-corrected chi connectivity index (χ4v) is 1.95. The molecule has 1 fully saturated rings. The topological polar surface area (TPSA) is 64.9 Å². The number of carbonyl (C=O) groups excluding carboxylic acids is 1. The Kier molecular flexibility index (Phi) is 5.27. The molecule has 90 valence electrons. The van der Waals surface area contributed by atoms with E-state index >= 15 is 0 Å². The van der Waals surface area contributed by atoms with Gasteiger partial charge in [-0.1, -0.05) is 6.92 Å². The molecule has 0 aromatic heterocycles. The summed E-state index contributed by atoms with van der Waals surface area (Å²) in [5.74, 6) is 0.172. The molecular formula is C12H21N3O. The molecule has 1 saturated heterocycles. The molecule has 0 bridgehead atoms. The highest BCUT2D eigenvalue weighted by molar-refractivity contribution is 5.82. The van der Waals surface area contributed by atoms with Gasteiger partial charge in [0, 0.05) is 18.4 Å². The number of rotatable bonds is 5. The van der Waals surface area contributed by atoms with Gasteiger partial charge in [-0.15, -0.1) is 0 Å². The standard InChI is InChI=1S/C12H21N3O/c1-12(5-9-14-10-6-12)11(16)15-8-4-2-3-7-13/h14H,2-6,8-10H2,1H3,(H,15,16). The molecule has 16 heavy (non-hydrogen) atoms. The second-order valence-corrected chi connectivity index (χ2v) is 4.68. The van der Waals surface area contributed by atoms with Crippen LogP contribution in [0.4, 0.5) is 0 Å². The van der Waals surface area contributed by atoms with Crippen molar-refractivity contribution in [3.63, 3.8) is 0 Å². The Morgan fingerprint density at radius 3 is 2.75 bits per heavy atom. The molecule has 0 spiro atoms. The summed E-state index contributed by atoms with van der Waals surface area (Å²) in [5, 5.41) is 14.6. The van der Waals surface area contributed by atoms with Crippen LogP contribution in [0.3, 0.4) is 0 Å². The first-order valence-corrected chi connectivity index (χ1v) is 6.05. The molecule has 0 atom stereocenters. The smallest absolute Gasteiger partial charge is 0.226 e. The predicted octanol–water partition coefficient (Wildman–Crippen LogP) is 1.19. The monoisotopic (exact) mass is 223 g/mol. The number of nitrogens with one attached hydrogen (secondary N) is 2. The summed E-state index contributed by atoms with van der Waals surface area (Å²) in [5.41, 5.74) is -0.194. The summed E-state index contributed by atoms with van der Waals surface area (Å²) in [4.78, 5) is 11.9.